The zero-order chi connectivity index (χ0) is 13.8. The van der Waals surface area contributed by atoms with Crippen LogP contribution in [0.15, 0.2) is 18.2 Å². The van der Waals surface area contributed by atoms with Gasteiger partial charge in [0.25, 0.3) is 0 Å². The predicted octanol–water partition coefficient (Wildman–Crippen LogP) is 3.92. The number of alkyl halides is 3. The first-order valence-electron chi connectivity index (χ1n) is 5.50. The molecule has 0 aliphatic heterocycles. The third kappa shape index (κ3) is 3.43. The standard InChI is InChI=1S/C12H14F4O2/c1-3-17-11(18-4-2)10-8(12(14,15)16)6-5-7-9(10)13/h5-7,11H,3-4H2,1-2H3. The molecule has 0 aliphatic carbocycles. The molecular formula is C12H14F4O2. The van der Waals surface area contributed by atoms with Crippen LogP contribution in [0.3, 0.4) is 0 Å². The summed E-state index contributed by atoms with van der Waals surface area (Å²) in [5.41, 5.74) is -1.68. The van der Waals surface area contributed by atoms with Crippen molar-refractivity contribution in [1.82, 2.24) is 0 Å². The van der Waals surface area contributed by atoms with Gasteiger partial charge in [-0.1, -0.05) is 6.07 Å². The molecule has 0 spiro atoms. The Kier molecular flexibility index (Phi) is 5.10. The summed E-state index contributed by atoms with van der Waals surface area (Å²) in [6.07, 6.45) is -6.00. The predicted molar refractivity (Wildman–Crippen MR) is 57.4 cm³/mol. The average Bonchev–Trinajstić information content (AvgIpc) is 2.27. The van der Waals surface area contributed by atoms with Gasteiger partial charge in [-0.25, -0.2) is 4.39 Å². The zero-order valence-electron chi connectivity index (χ0n) is 10.1. The molecule has 0 atom stereocenters. The number of ether oxygens (including phenoxy) is 2. The first-order chi connectivity index (χ1) is 8.41. The molecule has 0 N–H and O–H groups in total. The van der Waals surface area contributed by atoms with E-state index in [0.717, 1.165) is 18.2 Å². The van der Waals surface area contributed by atoms with E-state index in [1.807, 2.05) is 0 Å². The number of rotatable bonds is 5. The zero-order valence-corrected chi connectivity index (χ0v) is 10.1. The van der Waals surface area contributed by atoms with Crippen molar-refractivity contribution in [3.05, 3.63) is 35.1 Å². The normalized spacial score (nSPS) is 12.2. The molecule has 0 heterocycles. The molecule has 0 fully saturated rings. The van der Waals surface area contributed by atoms with Gasteiger partial charge in [-0.3, -0.25) is 0 Å². The van der Waals surface area contributed by atoms with Crippen LogP contribution in [-0.4, -0.2) is 13.2 Å². The van der Waals surface area contributed by atoms with Gasteiger partial charge >= 0.3 is 6.18 Å². The number of hydrogen-bond acceptors (Lipinski definition) is 2. The van der Waals surface area contributed by atoms with E-state index in [9.17, 15) is 17.6 Å². The smallest absolute Gasteiger partial charge is 0.349 e. The van der Waals surface area contributed by atoms with E-state index in [2.05, 4.69) is 0 Å². The molecule has 1 rings (SSSR count). The van der Waals surface area contributed by atoms with Crippen molar-refractivity contribution in [1.29, 1.82) is 0 Å². The maximum Gasteiger partial charge on any atom is 0.416 e. The molecule has 1 aromatic rings. The van der Waals surface area contributed by atoms with Gasteiger partial charge in [0, 0.05) is 13.2 Å². The maximum absolute atomic E-state index is 13.6. The molecule has 0 aromatic heterocycles. The van der Waals surface area contributed by atoms with Crippen LogP contribution in [0.25, 0.3) is 0 Å². The van der Waals surface area contributed by atoms with E-state index < -0.39 is 29.4 Å². The lowest BCUT2D eigenvalue weighted by atomic mass is 10.1. The largest absolute Gasteiger partial charge is 0.416 e. The van der Waals surface area contributed by atoms with Crippen molar-refractivity contribution < 1.29 is 27.0 Å². The van der Waals surface area contributed by atoms with E-state index in [-0.39, 0.29) is 13.2 Å². The summed E-state index contributed by atoms with van der Waals surface area (Å²) >= 11 is 0. The lowest BCUT2D eigenvalue weighted by Gasteiger charge is -2.21. The van der Waals surface area contributed by atoms with Crippen LogP contribution in [0.4, 0.5) is 17.6 Å². The van der Waals surface area contributed by atoms with E-state index in [1.165, 1.54) is 0 Å². The second-order valence-corrected chi connectivity index (χ2v) is 3.44. The number of hydrogen-bond donors (Lipinski definition) is 0. The molecule has 1 aromatic carbocycles. The van der Waals surface area contributed by atoms with Crippen LogP contribution < -0.4 is 0 Å². The first-order valence-corrected chi connectivity index (χ1v) is 5.50. The van der Waals surface area contributed by atoms with E-state index >= 15 is 0 Å². The monoisotopic (exact) mass is 266 g/mol. The fraction of sp³-hybridized carbons (Fsp3) is 0.500. The topological polar surface area (TPSA) is 18.5 Å². The van der Waals surface area contributed by atoms with Crippen LogP contribution in [0.5, 0.6) is 0 Å². The van der Waals surface area contributed by atoms with Gasteiger partial charge < -0.3 is 9.47 Å². The van der Waals surface area contributed by atoms with Crippen molar-refractivity contribution in [2.45, 2.75) is 26.3 Å². The van der Waals surface area contributed by atoms with Gasteiger partial charge in [-0.15, -0.1) is 0 Å². The SMILES string of the molecule is CCOC(OCC)c1c(F)cccc1C(F)(F)F. The van der Waals surface area contributed by atoms with Crippen molar-refractivity contribution in [3.8, 4) is 0 Å². The highest BCUT2D eigenvalue weighted by Gasteiger charge is 2.37. The molecular weight excluding hydrogens is 252 g/mol. The van der Waals surface area contributed by atoms with E-state index in [4.69, 9.17) is 9.47 Å². The molecule has 0 amide bonds. The Morgan fingerprint density at radius 3 is 2.11 bits per heavy atom. The summed E-state index contributed by atoms with van der Waals surface area (Å²) in [4.78, 5) is 0. The highest BCUT2D eigenvalue weighted by Crippen LogP contribution is 2.37. The second kappa shape index (κ2) is 6.15. The van der Waals surface area contributed by atoms with Gasteiger partial charge in [0.05, 0.1) is 11.1 Å². The highest BCUT2D eigenvalue weighted by atomic mass is 19.4. The third-order valence-electron chi connectivity index (χ3n) is 2.23. The summed E-state index contributed by atoms with van der Waals surface area (Å²) in [5, 5.41) is 0. The third-order valence-corrected chi connectivity index (χ3v) is 2.23. The minimum absolute atomic E-state index is 0.121. The molecule has 102 valence electrons. The summed E-state index contributed by atoms with van der Waals surface area (Å²) < 4.78 is 62.0. The van der Waals surface area contributed by atoms with Crippen molar-refractivity contribution in [3.63, 3.8) is 0 Å². The molecule has 0 radical (unpaired) electrons. The maximum atomic E-state index is 13.6. The Labute approximate surface area is 103 Å². The Morgan fingerprint density at radius 2 is 1.67 bits per heavy atom. The van der Waals surface area contributed by atoms with Gasteiger partial charge in [-0.05, 0) is 26.0 Å². The Bertz CT molecular complexity index is 384. The van der Waals surface area contributed by atoms with Gasteiger partial charge in [-0.2, -0.15) is 13.2 Å². The average molecular weight is 266 g/mol. The second-order valence-electron chi connectivity index (χ2n) is 3.44. The molecule has 0 saturated heterocycles. The van der Waals surface area contributed by atoms with Crippen LogP contribution >= 0.6 is 0 Å². The van der Waals surface area contributed by atoms with Gasteiger partial charge in [0.15, 0.2) is 6.29 Å². The summed E-state index contributed by atoms with van der Waals surface area (Å²) in [7, 11) is 0. The Balaban J connectivity index is 3.26. The number of benzene rings is 1. The van der Waals surface area contributed by atoms with Crippen molar-refractivity contribution in [2.75, 3.05) is 13.2 Å². The lowest BCUT2D eigenvalue weighted by molar-refractivity contribution is -0.160. The van der Waals surface area contributed by atoms with Crippen LogP contribution in [0.1, 0.15) is 31.3 Å². The molecule has 0 saturated carbocycles. The molecule has 6 heteroatoms. The van der Waals surface area contributed by atoms with Gasteiger partial charge in [0.2, 0.25) is 0 Å². The first kappa shape index (κ1) is 14.9. The molecule has 18 heavy (non-hydrogen) atoms. The van der Waals surface area contributed by atoms with Crippen LogP contribution in [-0.2, 0) is 15.7 Å². The lowest BCUT2D eigenvalue weighted by Crippen LogP contribution is -2.18. The minimum Gasteiger partial charge on any atom is -0.349 e. The quantitative estimate of drug-likeness (QED) is 0.594. The molecule has 2 nitrogen and oxygen atoms in total. The molecule has 0 bridgehead atoms. The van der Waals surface area contributed by atoms with Crippen molar-refractivity contribution in [2.24, 2.45) is 0 Å². The summed E-state index contributed by atoms with van der Waals surface area (Å²) in [5.74, 6) is -0.989. The number of halogens is 4. The Hall–Kier alpha value is -1.14. The fourth-order valence-corrected chi connectivity index (χ4v) is 1.54. The molecule has 0 unspecified atom stereocenters. The Morgan fingerprint density at radius 1 is 1.11 bits per heavy atom. The summed E-state index contributed by atoms with van der Waals surface area (Å²) in [6, 6.07) is 2.77. The fourth-order valence-electron chi connectivity index (χ4n) is 1.54. The van der Waals surface area contributed by atoms with Crippen LogP contribution in [0, 0.1) is 5.82 Å². The summed E-state index contributed by atoms with van der Waals surface area (Å²) in [6.45, 7) is 3.44. The van der Waals surface area contributed by atoms with E-state index in [1.54, 1.807) is 13.8 Å². The van der Waals surface area contributed by atoms with Crippen LogP contribution in [0.2, 0.25) is 0 Å². The minimum atomic E-state index is -4.65. The van der Waals surface area contributed by atoms with Gasteiger partial charge in [0.1, 0.15) is 5.82 Å². The highest BCUT2D eigenvalue weighted by molar-refractivity contribution is 5.32. The van der Waals surface area contributed by atoms with Crippen molar-refractivity contribution >= 4 is 0 Å². The van der Waals surface area contributed by atoms with E-state index in [0.29, 0.717) is 0 Å². The molecule has 0 aliphatic rings.